The number of benzene rings is 1. The van der Waals surface area contributed by atoms with Crippen LogP contribution in [0.5, 0.6) is 0 Å². The van der Waals surface area contributed by atoms with E-state index in [1.54, 1.807) is 20.8 Å². The smallest absolute Gasteiger partial charge is 0.324 e. The van der Waals surface area contributed by atoms with Gasteiger partial charge in [-0.25, -0.2) is 4.39 Å². The Hall–Kier alpha value is -2.35. The van der Waals surface area contributed by atoms with E-state index in [4.69, 9.17) is 16.2 Å². The SMILES string of the molecule is CC(C)(C)OC(=O)C(C(=O)O)C(N)Nc1ccc(F)cc1N. The Balaban J connectivity index is 2.92. The molecule has 0 aromatic heterocycles. The number of halogens is 1. The Morgan fingerprint density at radius 3 is 2.41 bits per heavy atom. The molecule has 122 valence electrons. The second-order valence-electron chi connectivity index (χ2n) is 5.75. The summed E-state index contributed by atoms with van der Waals surface area (Å²) >= 11 is 0. The van der Waals surface area contributed by atoms with Crippen molar-refractivity contribution in [3.63, 3.8) is 0 Å². The normalized spacial score (nSPS) is 14.0. The summed E-state index contributed by atoms with van der Waals surface area (Å²) in [5, 5.41) is 11.8. The number of hydrogen-bond donors (Lipinski definition) is 4. The Labute approximate surface area is 127 Å². The van der Waals surface area contributed by atoms with Gasteiger partial charge < -0.3 is 26.6 Å². The van der Waals surface area contributed by atoms with Crippen LogP contribution in [0.2, 0.25) is 0 Å². The van der Waals surface area contributed by atoms with Crippen LogP contribution in [0.25, 0.3) is 0 Å². The molecule has 8 heteroatoms. The predicted octanol–water partition coefficient (Wildman–Crippen LogP) is 1.15. The maximum Gasteiger partial charge on any atom is 0.324 e. The van der Waals surface area contributed by atoms with E-state index in [0.29, 0.717) is 0 Å². The Bertz CT molecular complexity index is 572. The Kier molecular flexibility index (Phi) is 5.32. The number of carbonyl (C=O) groups excluding carboxylic acids is 1. The molecule has 2 atom stereocenters. The fourth-order valence-corrected chi connectivity index (χ4v) is 1.69. The number of carboxylic acids is 1. The van der Waals surface area contributed by atoms with Crippen molar-refractivity contribution < 1.29 is 23.8 Å². The maximum absolute atomic E-state index is 13.0. The quantitative estimate of drug-likeness (QED) is 0.278. The third kappa shape index (κ3) is 4.88. The van der Waals surface area contributed by atoms with Crippen molar-refractivity contribution in [2.24, 2.45) is 11.7 Å². The molecule has 6 N–H and O–H groups in total. The van der Waals surface area contributed by atoms with Gasteiger partial charge in [-0.05, 0) is 39.0 Å². The number of carbonyl (C=O) groups is 2. The van der Waals surface area contributed by atoms with Crippen LogP contribution in [0.15, 0.2) is 18.2 Å². The second kappa shape index (κ2) is 6.61. The summed E-state index contributed by atoms with van der Waals surface area (Å²) in [6.07, 6.45) is -1.29. The summed E-state index contributed by atoms with van der Waals surface area (Å²) in [5.41, 5.74) is 10.8. The van der Waals surface area contributed by atoms with E-state index < -0.39 is 35.4 Å². The molecule has 0 heterocycles. The van der Waals surface area contributed by atoms with Crippen molar-refractivity contribution in [3.05, 3.63) is 24.0 Å². The van der Waals surface area contributed by atoms with E-state index in [9.17, 15) is 19.1 Å². The number of hydrogen-bond acceptors (Lipinski definition) is 6. The summed E-state index contributed by atoms with van der Waals surface area (Å²) in [6, 6.07) is 3.49. The lowest BCUT2D eigenvalue weighted by Gasteiger charge is -2.26. The Morgan fingerprint density at radius 1 is 1.36 bits per heavy atom. The average molecular weight is 313 g/mol. The van der Waals surface area contributed by atoms with Gasteiger partial charge in [0.1, 0.15) is 11.4 Å². The molecule has 0 saturated carbocycles. The van der Waals surface area contributed by atoms with Gasteiger partial charge in [-0.2, -0.15) is 0 Å². The minimum absolute atomic E-state index is 0.0452. The summed E-state index contributed by atoms with van der Waals surface area (Å²) in [5.74, 6) is -4.59. The lowest BCUT2D eigenvalue weighted by molar-refractivity contribution is -0.167. The van der Waals surface area contributed by atoms with Crippen molar-refractivity contribution in [1.29, 1.82) is 0 Å². The first-order valence-electron chi connectivity index (χ1n) is 6.54. The third-order valence-corrected chi connectivity index (χ3v) is 2.62. The largest absolute Gasteiger partial charge is 0.481 e. The molecule has 0 bridgehead atoms. The van der Waals surface area contributed by atoms with Gasteiger partial charge in [0.25, 0.3) is 0 Å². The lowest BCUT2D eigenvalue weighted by Crippen LogP contribution is -2.48. The third-order valence-electron chi connectivity index (χ3n) is 2.62. The number of nitrogen functional groups attached to an aromatic ring is 1. The lowest BCUT2D eigenvalue weighted by atomic mass is 10.1. The summed E-state index contributed by atoms with van der Waals surface area (Å²) in [4.78, 5) is 23.2. The number of anilines is 2. The van der Waals surface area contributed by atoms with Crippen molar-refractivity contribution >= 4 is 23.3 Å². The van der Waals surface area contributed by atoms with Gasteiger partial charge in [0.15, 0.2) is 5.92 Å². The summed E-state index contributed by atoms with van der Waals surface area (Å²) in [6.45, 7) is 4.84. The van der Waals surface area contributed by atoms with E-state index >= 15 is 0 Å². The van der Waals surface area contributed by atoms with Crippen molar-refractivity contribution in [1.82, 2.24) is 0 Å². The molecule has 0 aliphatic rings. The first-order valence-corrected chi connectivity index (χ1v) is 6.54. The van der Waals surface area contributed by atoms with Gasteiger partial charge in [0, 0.05) is 0 Å². The second-order valence-corrected chi connectivity index (χ2v) is 5.75. The topological polar surface area (TPSA) is 128 Å². The molecule has 0 aliphatic heterocycles. The molecule has 0 saturated heterocycles. The summed E-state index contributed by atoms with van der Waals surface area (Å²) < 4.78 is 18.0. The number of rotatable bonds is 5. The molecule has 1 rings (SSSR count). The molecule has 0 fully saturated rings. The van der Waals surface area contributed by atoms with E-state index in [0.717, 1.165) is 12.1 Å². The number of ether oxygens (including phenoxy) is 1. The first kappa shape index (κ1) is 17.7. The predicted molar refractivity (Wildman–Crippen MR) is 79.4 cm³/mol. The monoisotopic (exact) mass is 313 g/mol. The van der Waals surface area contributed by atoms with Crippen LogP contribution >= 0.6 is 0 Å². The van der Waals surface area contributed by atoms with E-state index in [2.05, 4.69) is 5.32 Å². The minimum atomic E-state index is -1.64. The molecule has 2 unspecified atom stereocenters. The first-order chi connectivity index (χ1) is 10.0. The standard InChI is InChI=1S/C14H20FN3O4/c1-14(2,3)22-13(21)10(12(19)20)11(17)18-9-5-4-7(15)6-8(9)16/h4-6,10-11,18H,16-17H2,1-3H3,(H,19,20). The van der Waals surface area contributed by atoms with Crippen LogP contribution in [0, 0.1) is 11.7 Å². The van der Waals surface area contributed by atoms with Crippen LogP contribution in [-0.2, 0) is 14.3 Å². The van der Waals surface area contributed by atoms with Crippen LogP contribution < -0.4 is 16.8 Å². The molecule has 7 nitrogen and oxygen atoms in total. The molecule has 1 aromatic rings. The van der Waals surface area contributed by atoms with Gasteiger partial charge in [0.05, 0.1) is 17.5 Å². The molecule has 0 amide bonds. The highest BCUT2D eigenvalue weighted by atomic mass is 19.1. The highest BCUT2D eigenvalue weighted by Gasteiger charge is 2.36. The molecule has 0 radical (unpaired) electrons. The number of nitrogens with one attached hydrogen (secondary N) is 1. The fraction of sp³-hybridized carbons (Fsp3) is 0.429. The molecule has 22 heavy (non-hydrogen) atoms. The summed E-state index contributed by atoms with van der Waals surface area (Å²) in [7, 11) is 0. The fourth-order valence-electron chi connectivity index (χ4n) is 1.69. The van der Waals surface area contributed by atoms with Crippen LogP contribution in [0.3, 0.4) is 0 Å². The van der Waals surface area contributed by atoms with Crippen molar-refractivity contribution in [2.45, 2.75) is 32.5 Å². The number of nitrogens with two attached hydrogens (primary N) is 2. The molecular formula is C14H20FN3O4. The highest BCUT2D eigenvalue weighted by Crippen LogP contribution is 2.21. The number of aliphatic carboxylic acids is 1. The van der Waals surface area contributed by atoms with Gasteiger partial charge in [-0.1, -0.05) is 0 Å². The van der Waals surface area contributed by atoms with Gasteiger partial charge in [0.2, 0.25) is 0 Å². The minimum Gasteiger partial charge on any atom is -0.481 e. The van der Waals surface area contributed by atoms with Gasteiger partial charge in [-0.15, -0.1) is 0 Å². The van der Waals surface area contributed by atoms with E-state index in [-0.39, 0.29) is 11.4 Å². The van der Waals surface area contributed by atoms with Gasteiger partial charge in [-0.3, -0.25) is 9.59 Å². The highest BCUT2D eigenvalue weighted by molar-refractivity contribution is 5.95. The number of esters is 1. The molecule has 0 aliphatic carbocycles. The maximum atomic E-state index is 13.0. The molecular weight excluding hydrogens is 293 g/mol. The van der Waals surface area contributed by atoms with E-state index in [1.807, 2.05) is 0 Å². The zero-order valence-corrected chi connectivity index (χ0v) is 12.6. The van der Waals surface area contributed by atoms with Crippen LogP contribution in [0.1, 0.15) is 20.8 Å². The van der Waals surface area contributed by atoms with Crippen molar-refractivity contribution in [2.75, 3.05) is 11.1 Å². The zero-order valence-electron chi connectivity index (χ0n) is 12.6. The van der Waals surface area contributed by atoms with Crippen LogP contribution in [0.4, 0.5) is 15.8 Å². The van der Waals surface area contributed by atoms with Gasteiger partial charge >= 0.3 is 11.9 Å². The molecule has 0 spiro atoms. The Morgan fingerprint density at radius 2 is 1.95 bits per heavy atom. The van der Waals surface area contributed by atoms with E-state index in [1.165, 1.54) is 6.07 Å². The molecule has 1 aromatic carbocycles. The zero-order chi connectivity index (χ0) is 17.1. The average Bonchev–Trinajstić information content (AvgIpc) is 2.29. The number of carboxylic acid groups (broad SMARTS) is 1. The van der Waals surface area contributed by atoms with Crippen molar-refractivity contribution in [3.8, 4) is 0 Å². The van der Waals surface area contributed by atoms with Crippen LogP contribution in [-0.4, -0.2) is 28.8 Å².